The van der Waals surface area contributed by atoms with Gasteiger partial charge in [-0.3, -0.25) is 0 Å². The Hall–Kier alpha value is -1.43. The Balaban J connectivity index is 5.15. The summed E-state index contributed by atoms with van der Waals surface area (Å²) >= 11 is 0. The van der Waals surface area contributed by atoms with Crippen LogP contribution < -0.4 is 0 Å². The largest absolute Gasteiger partial charge is 0.264 e. The number of hydrogen-bond donors (Lipinski definition) is 0. The second kappa shape index (κ2) is 5.26. The van der Waals surface area contributed by atoms with Crippen LogP contribution in [0.2, 0.25) is 0 Å². The van der Waals surface area contributed by atoms with E-state index in [0.29, 0.717) is 5.57 Å². The van der Waals surface area contributed by atoms with E-state index >= 15 is 0 Å². The molecule has 13 heavy (non-hydrogen) atoms. The monoisotopic (exact) mass is 183 g/mol. The number of alkyl halides is 2. The molecule has 0 saturated heterocycles. The van der Waals surface area contributed by atoms with Crippen molar-refractivity contribution >= 4 is 0 Å². The van der Waals surface area contributed by atoms with Gasteiger partial charge in [0.1, 0.15) is 0 Å². The van der Waals surface area contributed by atoms with E-state index in [1.54, 1.807) is 6.92 Å². The van der Waals surface area contributed by atoms with Gasteiger partial charge in [0.25, 0.3) is 6.43 Å². The maximum absolute atomic E-state index is 12.4. The number of hydrogen-bond acceptors (Lipinski definition) is 1. The SMILES string of the molecule is C=C/C(=C(/CC#N)C(=C)C)C(F)F. The molecule has 0 bridgehead atoms. The van der Waals surface area contributed by atoms with Crippen LogP contribution in [0.5, 0.6) is 0 Å². The molecule has 0 aromatic rings. The highest BCUT2D eigenvalue weighted by molar-refractivity contribution is 5.39. The zero-order valence-electron chi connectivity index (χ0n) is 7.48. The number of halogens is 2. The van der Waals surface area contributed by atoms with Gasteiger partial charge < -0.3 is 0 Å². The third-order valence-corrected chi connectivity index (χ3v) is 1.57. The maximum Gasteiger partial charge on any atom is 0.264 e. The molecule has 0 radical (unpaired) electrons. The molecular weight excluding hydrogens is 172 g/mol. The zero-order chi connectivity index (χ0) is 10.4. The molecular formula is C10H11F2N. The number of allylic oxidation sites excluding steroid dienone is 4. The molecule has 0 N–H and O–H groups in total. The Morgan fingerprint density at radius 2 is 2.15 bits per heavy atom. The third-order valence-electron chi connectivity index (χ3n) is 1.57. The average Bonchev–Trinajstić information content (AvgIpc) is 2.03. The van der Waals surface area contributed by atoms with Crippen LogP contribution in [0, 0.1) is 11.3 Å². The molecule has 0 unspecified atom stereocenters. The Bertz CT molecular complexity index is 282. The van der Waals surface area contributed by atoms with E-state index in [1.165, 1.54) is 0 Å². The van der Waals surface area contributed by atoms with Crippen LogP contribution in [0.25, 0.3) is 0 Å². The fourth-order valence-corrected chi connectivity index (χ4v) is 0.922. The van der Waals surface area contributed by atoms with Crippen LogP contribution in [0.3, 0.4) is 0 Å². The summed E-state index contributed by atoms with van der Waals surface area (Å²) in [5, 5.41) is 8.41. The number of nitrogens with zero attached hydrogens (tertiary/aromatic N) is 1. The van der Waals surface area contributed by atoms with E-state index in [0.717, 1.165) is 6.08 Å². The summed E-state index contributed by atoms with van der Waals surface area (Å²) in [5.41, 5.74) is 0.568. The van der Waals surface area contributed by atoms with Gasteiger partial charge in [0.2, 0.25) is 0 Å². The van der Waals surface area contributed by atoms with Gasteiger partial charge >= 0.3 is 0 Å². The summed E-state index contributed by atoms with van der Waals surface area (Å²) in [6.07, 6.45) is -1.58. The highest BCUT2D eigenvalue weighted by Crippen LogP contribution is 2.22. The lowest BCUT2D eigenvalue weighted by Crippen LogP contribution is -2.00. The smallest absolute Gasteiger partial charge is 0.205 e. The van der Waals surface area contributed by atoms with Gasteiger partial charge in [-0.2, -0.15) is 5.26 Å². The normalized spacial score (nSPS) is 11.9. The summed E-state index contributed by atoms with van der Waals surface area (Å²) in [7, 11) is 0. The highest BCUT2D eigenvalue weighted by atomic mass is 19.3. The molecule has 1 nitrogen and oxygen atoms in total. The molecule has 0 aliphatic rings. The van der Waals surface area contributed by atoms with E-state index in [2.05, 4.69) is 13.2 Å². The van der Waals surface area contributed by atoms with Crippen molar-refractivity contribution in [2.75, 3.05) is 0 Å². The summed E-state index contributed by atoms with van der Waals surface area (Å²) in [5.74, 6) is 0. The molecule has 0 aliphatic carbocycles. The van der Waals surface area contributed by atoms with Crippen molar-refractivity contribution in [2.24, 2.45) is 0 Å². The highest BCUT2D eigenvalue weighted by Gasteiger charge is 2.13. The van der Waals surface area contributed by atoms with E-state index in [1.807, 2.05) is 6.07 Å². The first-order chi connectivity index (χ1) is 6.04. The van der Waals surface area contributed by atoms with E-state index in [4.69, 9.17) is 5.26 Å². The second-order valence-electron chi connectivity index (χ2n) is 2.55. The Kier molecular flexibility index (Phi) is 4.68. The van der Waals surface area contributed by atoms with Crippen LogP contribution in [-0.2, 0) is 0 Å². The Morgan fingerprint density at radius 3 is 2.38 bits per heavy atom. The molecule has 3 heteroatoms. The van der Waals surface area contributed by atoms with Crippen LogP contribution >= 0.6 is 0 Å². The number of nitriles is 1. The number of rotatable bonds is 4. The molecule has 0 aliphatic heterocycles. The molecule has 0 heterocycles. The van der Waals surface area contributed by atoms with Crippen molar-refractivity contribution in [1.82, 2.24) is 0 Å². The van der Waals surface area contributed by atoms with Crippen LogP contribution in [0.15, 0.2) is 36.0 Å². The van der Waals surface area contributed by atoms with Gasteiger partial charge in [-0.15, -0.1) is 0 Å². The van der Waals surface area contributed by atoms with Gasteiger partial charge in [0.05, 0.1) is 12.5 Å². The quantitative estimate of drug-likeness (QED) is 0.614. The minimum Gasteiger partial charge on any atom is -0.205 e. The molecule has 0 aromatic carbocycles. The predicted octanol–water partition coefficient (Wildman–Crippen LogP) is 3.22. The third kappa shape index (κ3) is 3.20. The lowest BCUT2D eigenvalue weighted by molar-refractivity contribution is 0.193. The van der Waals surface area contributed by atoms with Crippen molar-refractivity contribution in [2.45, 2.75) is 19.8 Å². The molecule has 0 fully saturated rings. The first-order valence-electron chi connectivity index (χ1n) is 3.71. The van der Waals surface area contributed by atoms with Gasteiger partial charge in [-0.1, -0.05) is 24.8 Å². The second-order valence-corrected chi connectivity index (χ2v) is 2.55. The van der Waals surface area contributed by atoms with Crippen LogP contribution in [0.4, 0.5) is 8.78 Å². The standard InChI is InChI=1S/C10H11F2N/c1-4-8(10(11)12)9(5-6-13)7(2)3/h4,10H,1-2,5H2,3H3/b9-8+. The van der Waals surface area contributed by atoms with Gasteiger partial charge in [0.15, 0.2) is 0 Å². The summed E-state index contributed by atoms with van der Waals surface area (Å²) in [4.78, 5) is 0. The fourth-order valence-electron chi connectivity index (χ4n) is 0.922. The summed E-state index contributed by atoms with van der Waals surface area (Å²) in [6.45, 7) is 8.41. The molecule has 0 atom stereocenters. The summed E-state index contributed by atoms with van der Waals surface area (Å²) in [6, 6.07) is 1.82. The van der Waals surface area contributed by atoms with E-state index < -0.39 is 6.43 Å². The van der Waals surface area contributed by atoms with Crippen molar-refractivity contribution in [3.05, 3.63) is 36.0 Å². The Morgan fingerprint density at radius 1 is 1.62 bits per heavy atom. The van der Waals surface area contributed by atoms with Crippen LogP contribution in [0.1, 0.15) is 13.3 Å². The first kappa shape index (κ1) is 11.6. The summed E-state index contributed by atoms with van der Waals surface area (Å²) < 4.78 is 24.7. The van der Waals surface area contributed by atoms with Gasteiger partial charge in [-0.05, 0) is 12.5 Å². The van der Waals surface area contributed by atoms with Crippen LogP contribution in [-0.4, -0.2) is 6.43 Å². The zero-order valence-corrected chi connectivity index (χ0v) is 7.48. The van der Waals surface area contributed by atoms with Gasteiger partial charge in [0, 0.05) is 5.57 Å². The topological polar surface area (TPSA) is 23.8 Å². The van der Waals surface area contributed by atoms with E-state index in [9.17, 15) is 8.78 Å². The molecule has 0 rings (SSSR count). The van der Waals surface area contributed by atoms with Gasteiger partial charge in [-0.25, -0.2) is 8.78 Å². The minimum absolute atomic E-state index is 0.0545. The predicted molar refractivity (Wildman–Crippen MR) is 48.3 cm³/mol. The molecule has 0 aromatic heterocycles. The van der Waals surface area contributed by atoms with Crippen molar-refractivity contribution in [3.8, 4) is 6.07 Å². The minimum atomic E-state index is -2.60. The fraction of sp³-hybridized carbons (Fsp3) is 0.300. The average molecular weight is 183 g/mol. The van der Waals surface area contributed by atoms with Crippen molar-refractivity contribution in [1.29, 1.82) is 5.26 Å². The molecule has 0 saturated carbocycles. The lowest BCUT2D eigenvalue weighted by Gasteiger charge is -2.08. The van der Waals surface area contributed by atoms with Crippen molar-refractivity contribution < 1.29 is 8.78 Å². The maximum atomic E-state index is 12.4. The van der Waals surface area contributed by atoms with Crippen molar-refractivity contribution in [3.63, 3.8) is 0 Å². The molecule has 0 spiro atoms. The molecule has 0 amide bonds. The Labute approximate surface area is 76.7 Å². The van der Waals surface area contributed by atoms with E-state index in [-0.39, 0.29) is 17.6 Å². The first-order valence-corrected chi connectivity index (χ1v) is 3.71. The molecule has 70 valence electrons. The lowest BCUT2D eigenvalue weighted by atomic mass is 10.00.